The lowest BCUT2D eigenvalue weighted by Crippen LogP contribution is -2.47. The summed E-state index contributed by atoms with van der Waals surface area (Å²) < 4.78 is 0.177. The molecule has 3 heterocycles. The van der Waals surface area contributed by atoms with E-state index < -0.39 is 35.0 Å². The van der Waals surface area contributed by atoms with Gasteiger partial charge in [0.25, 0.3) is 0 Å². The second kappa shape index (κ2) is 3.59. The molecule has 0 spiro atoms. The van der Waals surface area contributed by atoms with Gasteiger partial charge in [-0.25, -0.2) is 29.7 Å². The van der Waals surface area contributed by atoms with Gasteiger partial charge in [-0.3, -0.25) is 10.6 Å². The molecule has 3 rings (SSSR count). The number of hydrogen-bond donors (Lipinski definition) is 2. The summed E-state index contributed by atoms with van der Waals surface area (Å²) in [6.45, 7) is -0.789. The van der Waals surface area contributed by atoms with Gasteiger partial charge in [0.15, 0.2) is 0 Å². The molecule has 1 aromatic heterocycles. The number of hydrazine groups is 2. The summed E-state index contributed by atoms with van der Waals surface area (Å²) in [6.07, 6.45) is 0. The van der Waals surface area contributed by atoms with Gasteiger partial charge in [-0.15, -0.1) is 0 Å². The van der Waals surface area contributed by atoms with Crippen molar-refractivity contribution in [3.8, 4) is 0 Å². The highest BCUT2D eigenvalue weighted by molar-refractivity contribution is 5.66. The Hall–Kier alpha value is -3.32. The molecule has 0 aromatic carbocycles. The molecule has 0 saturated carbocycles. The van der Waals surface area contributed by atoms with Crippen molar-refractivity contribution in [2.75, 3.05) is 34.0 Å². The van der Waals surface area contributed by atoms with Gasteiger partial charge in [-0.05, 0) is 0 Å². The average molecular weight is 286 g/mol. The van der Waals surface area contributed by atoms with Crippen LogP contribution in [0.3, 0.4) is 0 Å². The second-order valence-corrected chi connectivity index (χ2v) is 3.88. The van der Waals surface area contributed by atoms with E-state index in [1.54, 1.807) is 0 Å². The van der Waals surface area contributed by atoms with Crippen LogP contribution in [0.1, 0.15) is 0 Å². The molecule has 0 atom stereocenters. The van der Waals surface area contributed by atoms with Gasteiger partial charge in [-0.1, -0.05) is 0 Å². The molecule has 0 unspecified atom stereocenters. The summed E-state index contributed by atoms with van der Waals surface area (Å²) in [6, 6.07) is 0. The molecule has 0 fully saturated rings. The highest BCUT2D eigenvalue weighted by Crippen LogP contribution is 2.32. The van der Waals surface area contributed by atoms with E-state index >= 15 is 0 Å². The fraction of sp³-hybridized carbons (Fsp3) is 0.333. The molecule has 106 valence electrons. The third-order valence-corrected chi connectivity index (χ3v) is 2.89. The minimum absolute atomic E-state index is 0.00926. The highest BCUT2D eigenvalue weighted by Gasteiger charge is 2.49. The quantitative estimate of drug-likeness (QED) is 0.261. The minimum atomic E-state index is -0.890. The standard InChI is InChI=1S/C6H6N8O6/c15-11-3-5(9(1-7-3)13(17)18)12(16)6-4(11)8-2-10(6)14(19)20/h7-8H,1-2H2. The first-order chi connectivity index (χ1) is 9.43. The van der Waals surface area contributed by atoms with E-state index in [-0.39, 0.29) is 21.1 Å². The van der Waals surface area contributed by atoms with Gasteiger partial charge in [0, 0.05) is 10.0 Å². The Morgan fingerprint density at radius 2 is 1.30 bits per heavy atom. The molecule has 0 saturated heterocycles. The van der Waals surface area contributed by atoms with E-state index in [0.717, 1.165) is 0 Å². The predicted octanol–water partition coefficient (Wildman–Crippen LogP) is -2.28. The molecule has 14 heteroatoms. The van der Waals surface area contributed by atoms with Crippen molar-refractivity contribution in [3.63, 3.8) is 0 Å². The fourth-order valence-corrected chi connectivity index (χ4v) is 2.06. The van der Waals surface area contributed by atoms with E-state index in [2.05, 4.69) is 10.6 Å². The molecule has 2 N–H and O–H groups in total. The smallest absolute Gasteiger partial charge is 0.367 e. The van der Waals surface area contributed by atoms with Crippen LogP contribution in [0.25, 0.3) is 0 Å². The molecule has 14 nitrogen and oxygen atoms in total. The minimum Gasteiger partial charge on any atom is -0.740 e. The first kappa shape index (κ1) is 11.8. The van der Waals surface area contributed by atoms with Crippen molar-refractivity contribution in [1.82, 2.24) is 0 Å². The lowest BCUT2D eigenvalue weighted by molar-refractivity contribution is -0.644. The van der Waals surface area contributed by atoms with Gasteiger partial charge in [0.2, 0.25) is 23.4 Å². The van der Waals surface area contributed by atoms with Gasteiger partial charge in [0.05, 0.1) is 0 Å². The zero-order chi connectivity index (χ0) is 14.6. The molecule has 0 radical (unpaired) electrons. The lowest BCUT2D eigenvalue weighted by atomic mass is 10.5. The zero-order valence-electron chi connectivity index (χ0n) is 9.55. The number of aromatic nitrogens is 2. The molecule has 20 heavy (non-hydrogen) atoms. The summed E-state index contributed by atoms with van der Waals surface area (Å²) in [7, 11) is 0. The van der Waals surface area contributed by atoms with Crippen molar-refractivity contribution in [3.05, 3.63) is 30.6 Å². The fourth-order valence-electron chi connectivity index (χ4n) is 2.06. The maximum atomic E-state index is 12.1. The maximum absolute atomic E-state index is 12.1. The maximum Gasteiger partial charge on any atom is 0.367 e. The molecular weight excluding hydrogens is 280 g/mol. The zero-order valence-corrected chi connectivity index (χ0v) is 9.55. The predicted molar refractivity (Wildman–Crippen MR) is 60.3 cm³/mol. The number of nitrogens with one attached hydrogen (secondary N) is 2. The first-order valence-corrected chi connectivity index (χ1v) is 5.18. The molecule has 2 aliphatic rings. The molecular formula is C6H6N8O6. The monoisotopic (exact) mass is 286 g/mol. The van der Waals surface area contributed by atoms with Crippen molar-refractivity contribution in [1.29, 1.82) is 0 Å². The Morgan fingerprint density at radius 3 is 1.65 bits per heavy atom. The van der Waals surface area contributed by atoms with Gasteiger partial charge in [-0.2, -0.15) is 0 Å². The molecule has 0 aliphatic carbocycles. The van der Waals surface area contributed by atoms with Gasteiger partial charge in [0.1, 0.15) is 0 Å². The number of nitrogens with zero attached hydrogens (tertiary/aromatic N) is 6. The summed E-state index contributed by atoms with van der Waals surface area (Å²) in [4.78, 5) is 21.6. The Labute approximate surface area is 108 Å². The largest absolute Gasteiger partial charge is 0.740 e. The van der Waals surface area contributed by atoms with Crippen LogP contribution in [-0.4, -0.2) is 23.4 Å². The van der Waals surface area contributed by atoms with E-state index in [0.29, 0.717) is 10.0 Å². The third-order valence-electron chi connectivity index (χ3n) is 2.89. The summed E-state index contributed by atoms with van der Waals surface area (Å²) in [5, 5.41) is 49.5. The number of hydrogen-bond acceptors (Lipinski definition) is 8. The number of rotatable bonds is 2. The lowest BCUT2D eigenvalue weighted by Gasteiger charge is -2.16. The van der Waals surface area contributed by atoms with Crippen LogP contribution in [0.5, 0.6) is 0 Å². The summed E-state index contributed by atoms with van der Waals surface area (Å²) in [5.74, 6) is -1.88. The van der Waals surface area contributed by atoms with E-state index in [9.17, 15) is 30.6 Å². The van der Waals surface area contributed by atoms with Crippen molar-refractivity contribution in [2.24, 2.45) is 0 Å². The second-order valence-electron chi connectivity index (χ2n) is 3.88. The van der Waals surface area contributed by atoms with E-state index in [1.165, 1.54) is 0 Å². The van der Waals surface area contributed by atoms with E-state index in [4.69, 9.17) is 0 Å². The van der Waals surface area contributed by atoms with Crippen LogP contribution in [0.15, 0.2) is 0 Å². The van der Waals surface area contributed by atoms with Crippen LogP contribution < -0.4 is 30.1 Å². The number of fused-ring (bicyclic) bond motifs is 2. The number of nitro groups is 2. The van der Waals surface area contributed by atoms with Crippen molar-refractivity contribution >= 4 is 23.3 Å². The summed E-state index contributed by atoms with van der Waals surface area (Å²) in [5.41, 5.74) is 0. The Bertz CT molecular complexity index is 596. The first-order valence-electron chi connectivity index (χ1n) is 5.18. The number of anilines is 4. The van der Waals surface area contributed by atoms with Crippen LogP contribution in [0, 0.1) is 30.6 Å². The van der Waals surface area contributed by atoms with Crippen molar-refractivity contribution < 1.29 is 19.5 Å². The molecule has 0 amide bonds. The van der Waals surface area contributed by atoms with Crippen LogP contribution >= 0.6 is 0 Å². The van der Waals surface area contributed by atoms with Crippen LogP contribution in [-0.2, 0) is 0 Å². The topological polar surface area (TPSA) is 171 Å². The summed E-state index contributed by atoms with van der Waals surface area (Å²) >= 11 is 0. The van der Waals surface area contributed by atoms with Gasteiger partial charge < -0.3 is 10.4 Å². The van der Waals surface area contributed by atoms with Crippen LogP contribution in [0.4, 0.5) is 23.3 Å². The molecule has 1 aromatic rings. The normalized spacial score (nSPS) is 15.4. The Kier molecular flexibility index (Phi) is 2.11. The van der Waals surface area contributed by atoms with E-state index in [1.807, 2.05) is 0 Å². The Balaban J connectivity index is 2.26. The average Bonchev–Trinajstić information content (AvgIpc) is 3.00. The van der Waals surface area contributed by atoms with Crippen LogP contribution in [0.2, 0.25) is 0 Å². The van der Waals surface area contributed by atoms with Crippen molar-refractivity contribution in [2.45, 2.75) is 0 Å². The molecule has 0 bridgehead atoms. The third kappa shape index (κ3) is 1.26. The Morgan fingerprint density at radius 1 is 0.900 bits per heavy atom. The highest BCUT2D eigenvalue weighted by atomic mass is 16.7. The molecule has 2 aliphatic heterocycles. The van der Waals surface area contributed by atoms with Gasteiger partial charge >= 0.3 is 23.3 Å². The SMILES string of the molecule is O=[N+]([O-])N1CNc2c1[n+]([O-])c1c([n+]2[O-])NCN1[N+](=O)[O-].